The molecule has 2 aliphatic rings. The third-order valence-corrected chi connectivity index (χ3v) is 3.46. The summed E-state index contributed by atoms with van der Waals surface area (Å²) in [7, 11) is 0. The minimum Gasteiger partial charge on any atom is -0.438 e. The van der Waals surface area contributed by atoms with Gasteiger partial charge in [0.2, 0.25) is 0 Å². The van der Waals surface area contributed by atoms with Gasteiger partial charge in [-0.15, -0.1) is 0 Å². The van der Waals surface area contributed by atoms with Crippen LogP contribution >= 0.6 is 0 Å². The molecule has 0 saturated heterocycles. The second-order valence-electron chi connectivity index (χ2n) is 4.56. The van der Waals surface area contributed by atoms with Gasteiger partial charge in [0.25, 0.3) is 0 Å². The lowest BCUT2D eigenvalue weighted by Crippen LogP contribution is -2.29. The van der Waals surface area contributed by atoms with E-state index >= 15 is 0 Å². The molecule has 2 unspecified atom stereocenters. The molecule has 0 aromatic heterocycles. The summed E-state index contributed by atoms with van der Waals surface area (Å²) in [6, 6.07) is 0. The molecule has 0 bridgehead atoms. The van der Waals surface area contributed by atoms with Crippen LogP contribution in [-0.4, -0.2) is 29.7 Å². The third-order valence-electron chi connectivity index (χ3n) is 3.46. The summed E-state index contributed by atoms with van der Waals surface area (Å²) in [5.74, 6) is 2.03. The normalized spacial score (nSPS) is 31.6. The Labute approximate surface area is 87.0 Å². The lowest BCUT2D eigenvalue weighted by atomic mass is 9.97. The maximum absolute atomic E-state index is 6.05. The van der Waals surface area contributed by atoms with Crippen LogP contribution in [0.5, 0.6) is 0 Å². The second kappa shape index (κ2) is 4.33. The fraction of sp³-hybridized carbons (Fsp3) is 0.917. The molecular formula is C12H22NO+. The van der Waals surface area contributed by atoms with Crippen molar-refractivity contribution in [2.24, 2.45) is 5.92 Å². The molecule has 2 heteroatoms. The standard InChI is InChI=1S/C12H22NO/c1-3-6-11-9-13-8-5-7-10(4-2)12(13)14-11/h10-11H,3-9H2,1-2H3/q+1. The van der Waals surface area contributed by atoms with Crippen molar-refractivity contribution in [3.8, 4) is 0 Å². The van der Waals surface area contributed by atoms with Gasteiger partial charge in [-0.05, 0) is 19.3 Å². The number of nitrogens with zero attached hydrogens (tertiary/aromatic N) is 1. The fourth-order valence-electron chi connectivity index (χ4n) is 2.68. The molecule has 0 N–H and O–H groups in total. The van der Waals surface area contributed by atoms with Gasteiger partial charge in [0.05, 0.1) is 5.92 Å². The Morgan fingerprint density at radius 1 is 1.43 bits per heavy atom. The lowest BCUT2D eigenvalue weighted by Gasteiger charge is -2.16. The van der Waals surface area contributed by atoms with Crippen molar-refractivity contribution < 1.29 is 9.31 Å². The smallest absolute Gasteiger partial charge is 0.340 e. The zero-order valence-electron chi connectivity index (χ0n) is 9.46. The molecule has 0 aromatic carbocycles. The minimum atomic E-state index is 0.488. The maximum Gasteiger partial charge on any atom is 0.340 e. The number of hydrogen-bond acceptors (Lipinski definition) is 1. The SMILES string of the molecule is CCCC1C[N+]2=C(O1)C(CC)CCC2. The van der Waals surface area contributed by atoms with Crippen LogP contribution in [0.2, 0.25) is 0 Å². The molecule has 0 spiro atoms. The van der Waals surface area contributed by atoms with Crippen LogP contribution in [0.3, 0.4) is 0 Å². The van der Waals surface area contributed by atoms with E-state index in [9.17, 15) is 0 Å². The fourth-order valence-corrected chi connectivity index (χ4v) is 2.68. The van der Waals surface area contributed by atoms with Crippen molar-refractivity contribution in [3.63, 3.8) is 0 Å². The Hall–Kier alpha value is -0.530. The topological polar surface area (TPSA) is 12.2 Å². The summed E-state index contributed by atoms with van der Waals surface area (Å²) in [5.41, 5.74) is 0. The van der Waals surface area contributed by atoms with Crippen molar-refractivity contribution in [1.29, 1.82) is 0 Å². The van der Waals surface area contributed by atoms with Crippen molar-refractivity contribution in [1.82, 2.24) is 0 Å². The van der Waals surface area contributed by atoms with E-state index in [1.165, 1.54) is 44.5 Å². The van der Waals surface area contributed by atoms with Crippen molar-refractivity contribution >= 4 is 5.90 Å². The molecule has 2 nitrogen and oxygen atoms in total. The largest absolute Gasteiger partial charge is 0.438 e. The summed E-state index contributed by atoms with van der Waals surface area (Å²) in [6.07, 6.45) is 6.87. The van der Waals surface area contributed by atoms with E-state index in [4.69, 9.17) is 4.74 Å². The van der Waals surface area contributed by atoms with E-state index in [1.807, 2.05) is 0 Å². The highest BCUT2D eigenvalue weighted by molar-refractivity contribution is 5.75. The van der Waals surface area contributed by atoms with E-state index in [2.05, 4.69) is 18.4 Å². The van der Waals surface area contributed by atoms with Crippen LogP contribution in [0.1, 0.15) is 46.0 Å². The third kappa shape index (κ3) is 1.79. The van der Waals surface area contributed by atoms with Crippen LogP contribution < -0.4 is 0 Å². The molecule has 0 radical (unpaired) electrons. The molecule has 2 rings (SSSR count). The first-order valence-corrected chi connectivity index (χ1v) is 6.13. The predicted octanol–water partition coefficient (Wildman–Crippen LogP) is 2.42. The van der Waals surface area contributed by atoms with E-state index in [0.29, 0.717) is 12.0 Å². The van der Waals surface area contributed by atoms with E-state index in [1.54, 1.807) is 0 Å². The number of rotatable bonds is 3. The lowest BCUT2D eigenvalue weighted by molar-refractivity contribution is -0.528. The summed E-state index contributed by atoms with van der Waals surface area (Å²) in [6.45, 7) is 6.89. The van der Waals surface area contributed by atoms with Crippen LogP contribution in [0.15, 0.2) is 0 Å². The Balaban J connectivity index is 2.01. The highest BCUT2D eigenvalue weighted by Gasteiger charge is 2.39. The Bertz CT molecular complexity index is 234. The van der Waals surface area contributed by atoms with Crippen LogP contribution in [0.25, 0.3) is 0 Å². The van der Waals surface area contributed by atoms with Gasteiger partial charge in [0, 0.05) is 6.42 Å². The molecule has 14 heavy (non-hydrogen) atoms. The Kier molecular flexibility index (Phi) is 3.09. The molecular weight excluding hydrogens is 174 g/mol. The highest BCUT2D eigenvalue weighted by atomic mass is 16.5. The Morgan fingerprint density at radius 2 is 2.29 bits per heavy atom. The van der Waals surface area contributed by atoms with Crippen molar-refractivity contribution in [2.45, 2.75) is 52.1 Å². The van der Waals surface area contributed by atoms with E-state index in [-0.39, 0.29) is 0 Å². The minimum absolute atomic E-state index is 0.488. The van der Waals surface area contributed by atoms with Gasteiger partial charge in [0.15, 0.2) is 12.6 Å². The summed E-state index contributed by atoms with van der Waals surface area (Å²) in [5, 5.41) is 0. The number of hydrogen-bond donors (Lipinski definition) is 0. The quantitative estimate of drug-likeness (QED) is 0.631. The summed E-state index contributed by atoms with van der Waals surface area (Å²) in [4.78, 5) is 0. The average Bonchev–Trinajstić information content (AvgIpc) is 2.60. The summed E-state index contributed by atoms with van der Waals surface area (Å²) < 4.78 is 8.54. The number of ether oxygens (including phenoxy) is 1. The first-order valence-electron chi connectivity index (χ1n) is 6.13. The van der Waals surface area contributed by atoms with Gasteiger partial charge in [-0.3, -0.25) is 0 Å². The molecule has 0 aliphatic carbocycles. The van der Waals surface area contributed by atoms with Crippen molar-refractivity contribution in [2.75, 3.05) is 13.1 Å². The Morgan fingerprint density at radius 3 is 3.00 bits per heavy atom. The van der Waals surface area contributed by atoms with Gasteiger partial charge in [-0.25, -0.2) is 0 Å². The zero-order chi connectivity index (χ0) is 9.97. The van der Waals surface area contributed by atoms with Gasteiger partial charge in [-0.2, -0.15) is 4.58 Å². The van der Waals surface area contributed by atoms with Crippen LogP contribution in [0.4, 0.5) is 0 Å². The van der Waals surface area contributed by atoms with Crippen LogP contribution in [-0.2, 0) is 4.74 Å². The van der Waals surface area contributed by atoms with Crippen molar-refractivity contribution in [3.05, 3.63) is 0 Å². The molecule has 0 saturated carbocycles. The first-order chi connectivity index (χ1) is 6.85. The average molecular weight is 196 g/mol. The highest BCUT2D eigenvalue weighted by Crippen LogP contribution is 2.24. The van der Waals surface area contributed by atoms with Crippen LogP contribution in [0, 0.1) is 5.92 Å². The molecule has 0 amide bonds. The van der Waals surface area contributed by atoms with E-state index in [0.717, 1.165) is 6.54 Å². The first kappa shape index (κ1) is 10.0. The molecule has 2 atom stereocenters. The van der Waals surface area contributed by atoms with Gasteiger partial charge in [-0.1, -0.05) is 20.3 Å². The molecule has 0 aromatic rings. The monoisotopic (exact) mass is 196 g/mol. The molecule has 0 fully saturated rings. The predicted molar refractivity (Wildman–Crippen MR) is 57.8 cm³/mol. The second-order valence-corrected chi connectivity index (χ2v) is 4.56. The van der Waals surface area contributed by atoms with Gasteiger partial charge < -0.3 is 4.74 Å². The van der Waals surface area contributed by atoms with E-state index < -0.39 is 0 Å². The van der Waals surface area contributed by atoms with Gasteiger partial charge >= 0.3 is 5.90 Å². The zero-order valence-corrected chi connectivity index (χ0v) is 9.46. The molecule has 80 valence electrons. The maximum atomic E-state index is 6.05. The summed E-state index contributed by atoms with van der Waals surface area (Å²) >= 11 is 0. The van der Waals surface area contributed by atoms with Gasteiger partial charge in [0.1, 0.15) is 6.54 Å². The molecule has 2 heterocycles. The molecule has 2 aliphatic heterocycles.